The van der Waals surface area contributed by atoms with Gasteiger partial charge in [-0.25, -0.2) is 0 Å². The van der Waals surface area contributed by atoms with Crippen molar-refractivity contribution in [3.05, 3.63) is 106 Å². The molecule has 0 saturated heterocycles. The van der Waals surface area contributed by atoms with Crippen LogP contribution in [0.15, 0.2) is 106 Å². The average Bonchev–Trinajstić information content (AvgIpc) is 2.68. The monoisotopic (exact) mass is 412 g/mol. The van der Waals surface area contributed by atoms with Crippen molar-refractivity contribution in [2.45, 2.75) is 11.5 Å². The Balaban J connectivity index is 1.63. The van der Waals surface area contributed by atoms with Crippen molar-refractivity contribution in [2.75, 3.05) is 6.61 Å². The maximum atomic E-state index is 5.96. The number of hydrogen-bond donors (Lipinski definition) is 0. The molecule has 0 saturated carbocycles. The molecule has 0 N–H and O–H groups in total. The van der Waals surface area contributed by atoms with Gasteiger partial charge in [-0.2, -0.15) is 0 Å². The topological polar surface area (TPSA) is 9.23 Å². The van der Waals surface area contributed by atoms with Gasteiger partial charge < -0.3 is 0 Å². The third-order valence-corrected chi connectivity index (χ3v) is 6.75. The van der Waals surface area contributed by atoms with Gasteiger partial charge in [0.15, 0.2) is 0 Å². The van der Waals surface area contributed by atoms with Crippen LogP contribution in [0.4, 0.5) is 0 Å². The van der Waals surface area contributed by atoms with Crippen LogP contribution in [0.25, 0.3) is 0 Å². The predicted octanol–water partition coefficient (Wildman–Crippen LogP) is 4.87. The second kappa shape index (κ2) is 10.3. The van der Waals surface area contributed by atoms with Crippen molar-refractivity contribution in [3.8, 4) is 0 Å². The normalized spacial score (nSPS) is 11.4. The van der Waals surface area contributed by atoms with Crippen molar-refractivity contribution < 1.29 is 4.74 Å². The standard InChI is InChI=1S/C22H20OSSe/c1-4-10-19(11-5-1)16-23-17-21(24-20-12-6-2-7-13-20)18-25-22-14-8-3-9-15-22/h1-15,18H,16-17H2/b21-18-. The van der Waals surface area contributed by atoms with Gasteiger partial charge in [-0.3, -0.25) is 0 Å². The SMILES string of the molecule is C(/[Se]c1ccccc1)=C(\COCc1ccccc1)Sc1ccccc1. The molecular weight excluding hydrogens is 391 g/mol. The first-order valence-corrected chi connectivity index (χ1v) is 10.8. The second-order valence-electron chi connectivity index (χ2n) is 5.41. The minimum absolute atomic E-state index is 0.314. The van der Waals surface area contributed by atoms with Gasteiger partial charge >= 0.3 is 160 Å². The molecular formula is C22H20OSSe. The van der Waals surface area contributed by atoms with E-state index < -0.39 is 0 Å². The van der Waals surface area contributed by atoms with Crippen molar-refractivity contribution in [3.63, 3.8) is 0 Å². The first-order chi connectivity index (χ1) is 12.4. The van der Waals surface area contributed by atoms with Crippen LogP contribution in [0.5, 0.6) is 0 Å². The summed E-state index contributed by atoms with van der Waals surface area (Å²) in [4.78, 5) is 4.86. The van der Waals surface area contributed by atoms with Gasteiger partial charge in [-0.15, -0.1) is 0 Å². The summed E-state index contributed by atoms with van der Waals surface area (Å²) in [6.07, 6.45) is 0. The van der Waals surface area contributed by atoms with Gasteiger partial charge in [0.1, 0.15) is 0 Å². The Labute approximate surface area is 160 Å². The Bertz CT molecular complexity index is 773. The van der Waals surface area contributed by atoms with Crippen LogP contribution in [-0.4, -0.2) is 21.6 Å². The molecule has 126 valence electrons. The molecule has 0 aliphatic heterocycles. The molecule has 0 radical (unpaired) electrons. The van der Waals surface area contributed by atoms with E-state index in [2.05, 4.69) is 71.7 Å². The van der Waals surface area contributed by atoms with Crippen molar-refractivity contribution in [1.29, 1.82) is 0 Å². The van der Waals surface area contributed by atoms with Crippen molar-refractivity contribution in [2.24, 2.45) is 0 Å². The van der Waals surface area contributed by atoms with Gasteiger partial charge in [0.05, 0.1) is 0 Å². The molecule has 0 aliphatic rings. The molecule has 3 aromatic rings. The van der Waals surface area contributed by atoms with E-state index in [1.54, 1.807) is 11.8 Å². The molecule has 25 heavy (non-hydrogen) atoms. The summed E-state index contributed by atoms with van der Waals surface area (Å²) in [5, 5.41) is 0. The molecule has 0 amide bonds. The zero-order chi connectivity index (χ0) is 17.2. The van der Waals surface area contributed by atoms with E-state index >= 15 is 0 Å². The first kappa shape index (κ1) is 18.0. The Morgan fingerprint density at radius 2 is 1.40 bits per heavy atom. The summed E-state index contributed by atoms with van der Waals surface area (Å²) in [5.74, 6) is 0. The summed E-state index contributed by atoms with van der Waals surface area (Å²) >= 11 is 2.11. The third-order valence-electron chi connectivity index (χ3n) is 3.42. The molecule has 0 bridgehead atoms. The van der Waals surface area contributed by atoms with Crippen LogP contribution >= 0.6 is 11.8 Å². The molecule has 0 heterocycles. The minimum atomic E-state index is 0.314. The fourth-order valence-corrected chi connectivity index (χ4v) is 4.91. The Morgan fingerprint density at radius 1 is 0.800 bits per heavy atom. The van der Waals surface area contributed by atoms with Crippen LogP contribution in [-0.2, 0) is 11.3 Å². The molecule has 3 rings (SSSR count). The van der Waals surface area contributed by atoms with E-state index in [1.807, 2.05) is 24.3 Å². The molecule has 0 aliphatic carbocycles. The number of ether oxygens (including phenoxy) is 1. The quantitative estimate of drug-likeness (QED) is 0.387. The van der Waals surface area contributed by atoms with Crippen molar-refractivity contribution in [1.82, 2.24) is 0 Å². The molecule has 0 atom stereocenters. The molecule has 1 nitrogen and oxygen atoms in total. The maximum absolute atomic E-state index is 5.96. The van der Waals surface area contributed by atoms with E-state index in [1.165, 1.54) is 19.8 Å². The van der Waals surface area contributed by atoms with Gasteiger partial charge in [-0.1, -0.05) is 0 Å². The number of thioether (sulfide) groups is 1. The van der Waals surface area contributed by atoms with Crippen LogP contribution in [0, 0.1) is 0 Å². The summed E-state index contributed by atoms with van der Waals surface area (Å²) in [6, 6.07) is 31.4. The second-order valence-corrected chi connectivity index (χ2v) is 8.59. The Hall–Kier alpha value is -1.77. The zero-order valence-electron chi connectivity index (χ0n) is 13.9. The van der Waals surface area contributed by atoms with Gasteiger partial charge in [0, 0.05) is 0 Å². The molecule has 0 spiro atoms. The molecule has 0 fully saturated rings. The van der Waals surface area contributed by atoms with E-state index in [0.717, 1.165) is 0 Å². The van der Waals surface area contributed by atoms with E-state index in [9.17, 15) is 0 Å². The summed E-state index contributed by atoms with van der Waals surface area (Å²) < 4.78 is 7.34. The average molecular weight is 411 g/mol. The van der Waals surface area contributed by atoms with Gasteiger partial charge in [-0.05, 0) is 0 Å². The molecule has 3 aromatic carbocycles. The number of benzene rings is 3. The predicted molar refractivity (Wildman–Crippen MR) is 108 cm³/mol. The molecule has 0 unspecified atom stereocenters. The van der Waals surface area contributed by atoms with Crippen LogP contribution in [0.2, 0.25) is 0 Å². The summed E-state index contributed by atoms with van der Waals surface area (Å²) in [6.45, 7) is 1.29. The fourth-order valence-electron chi connectivity index (χ4n) is 2.20. The van der Waals surface area contributed by atoms with Gasteiger partial charge in [0.2, 0.25) is 0 Å². The van der Waals surface area contributed by atoms with E-state index in [0.29, 0.717) is 28.2 Å². The van der Waals surface area contributed by atoms with E-state index in [4.69, 9.17) is 4.74 Å². The molecule has 0 aromatic heterocycles. The molecule has 3 heteroatoms. The van der Waals surface area contributed by atoms with Crippen LogP contribution in [0.1, 0.15) is 5.56 Å². The number of hydrogen-bond acceptors (Lipinski definition) is 2. The van der Waals surface area contributed by atoms with Crippen LogP contribution in [0.3, 0.4) is 0 Å². The summed E-state index contributed by atoms with van der Waals surface area (Å²) in [7, 11) is 0. The third kappa shape index (κ3) is 6.56. The van der Waals surface area contributed by atoms with E-state index in [-0.39, 0.29) is 0 Å². The van der Waals surface area contributed by atoms with Crippen LogP contribution < -0.4 is 4.46 Å². The first-order valence-electron chi connectivity index (χ1n) is 8.15. The van der Waals surface area contributed by atoms with Crippen molar-refractivity contribution >= 4 is 31.2 Å². The number of rotatable bonds is 8. The zero-order valence-corrected chi connectivity index (χ0v) is 16.4. The van der Waals surface area contributed by atoms with Gasteiger partial charge in [0.25, 0.3) is 0 Å². The Morgan fingerprint density at radius 3 is 2.08 bits per heavy atom. The fraction of sp³-hybridized carbons (Fsp3) is 0.0909. The Kier molecular flexibility index (Phi) is 7.41. The summed E-state index contributed by atoms with van der Waals surface area (Å²) in [5.41, 5.74) is 1.21.